The van der Waals surface area contributed by atoms with Gasteiger partial charge in [-0.05, 0) is 12.1 Å². The number of nitrogens with one attached hydrogen (secondary N) is 2. The maximum absolute atomic E-state index is 12.0. The summed E-state index contributed by atoms with van der Waals surface area (Å²) in [4.78, 5) is 6.63. The molecule has 1 aromatic carbocycles. The molecule has 1 aromatic heterocycles. The first-order valence-corrected chi connectivity index (χ1v) is 6.86. The van der Waals surface area contributed by atoms with E-state index in [1.54, 1.807) is 12.1 Å². The number of aryl methyl sites for hydroxylation is 1. The number of benzene rings is 1. The Morgan fingerprint density at radius 1 is 1.39 bits per heavy atom. The van der Waals surface area contributed by atoms with E-state index in [0.29, 0.717) is 12.2 Å². The molecule has 0 bridgehead atoms. The minimum absolute atomic E-state index is 0.0254. The summed E-state index contributed by atoms with van der Waals surface area (Å²) in [6.07, 6.45) is 1.87. The number of hydrogen-bond donors (Lipinski definition) is 3. The van der Waals surface area contributed by atoms with Gasteiger partial charge in [0.2, 0.25) is 0 Å². The highest BCUT2D eigenvalue weighted by Gasteiger charge is 2.18. The summed E-state index contributed by atoms with van der Waals surface area (Å²) in [5.41, 5.74) is 0.130. The van der Waals surface area contributed by atoms with Crippen LogP contribution in [0.2, 0.25) is 0 Å². The van der Waals surface area contributed by atoms with Crippen molar-refractivity contribution in [1.29, 1.82) is 0 Å². The van der Waals surface area contributed by atoms with Gasteiger partial charge in [0.05, 0.1) is 11.9 Å². The van der Waals surface area contributed by atoms with Gasteiger partial charge in [-0.3, -0.25) is 4.72 Å². The van der Waals surface area contributed by atoms with Gasteiger partial charge in [-0.1, -0.05) is 19.1 Å². The molecule has 0 aliphatic carbocycles. The standard InChI is InChI=1S/C11H13N3O3S/c1-2-10-12-7-11(13-10)18(16,17)14-8-5-3-4-6-9(8)15/h3-7,14-15H,2H2,1H3,(H,12,13). The molecule has 0 aliphatic heterocycles. The number of aromatic amines is 1. The molecule has 0 atom stereocenters. The molecule has 6 nitrogen and oxygen atoms in total. The third-order valence-electron chi connectivity index (χ3n) is 2.38. The van der Waals surface area contributed by atoms with Gasteiger partial charge < -0.3 is 10.1 Å². The molecule has 0 spiro atoms. The fourth-order valence-corrected chi connectivity index (χ4v) is 2.43. The first-order valence-electron chi connectivity index (χ1n) is 5.37. The molecule has 0 saturated carbocycles. The van der Waals surface area contributed by atoms with Gasteiger partial charge in [0.25, 0.3) is 10.0 Å². The number of nitrogens with zero attached hydrogens (tertiary/aromatic N) is 1. The third-order valence-corrected chi connectivity index (χ3v) is 3.65. The number of rotatable bonds is 4. The maximum Gasteiger partial charge on any atom is 0.279 e. The summed E-state index contributed by atoms with van der Waals surface area (Å²) in [5.74, 6) is 0.462. The zero-order valence-electron chi connectivity index (χ0n) is 9.71. The fraction of sp³-hybridized carbons (Fsp3) is 0.182. The number of phenolic OH excluding ortho intramolecular Hbond substituents is 1. The number of hydrogen-bond acceptors (Lipinski definition) is 4. The minimum atomic E-state index is -3.75. The quantitative estimate of drug-likeness (QED) is 0.731. The van der Waals surface area contributed by atoms with Gasteiger partial charge in [0.1, 0.15) is 11.6 Å². The summed E-state index contributed by atoms with van der Waals surface area (Å²) in [7, 11) is -3.75. The second kappa shape index (κ2) is 4.69. The SMILES string of the molecule is CCc1ncc(S(=O)(=O)Nc2ccccc2O)[nH]1. The van der Waals surface area contributed by atoms with Crippen molar-refractivity contribution in [2.75, 3.05) is 4.72 Å². The van der Waals surface area contributed by atoms with Crippen LogP contribution in [0.25, 0.3) is 0 Å². The molecule has 0 fully saturated rings. The molecular formula is C11H13N3O3S. The van der Waals surface area contributed by atoms with Gasteiger partial charge in [0.15, 0.2) is 5.03 Å². The molecule has 7 heteroatoms. The number of imidazole rings is 1. The lowest BCUT2D eigenvalue weighted by Gasteiger charge is -2.07. The van der Waals surface area contributed by atoms with E-state index in [4.69, 9.17) is 0 Å². The Bertz CT molecular complexity index is 649. The Labute approximate surface area is 105 Å². The Kier molecular flexibility index (Phi) is 3.24. The van der Waals surface area contributed by atoms with Crippen LogP contribution in [0.3, 0.4) is 0 Å². The maximum atomic E-state index is 12.0. The van der Waals surface area contributed by atoms with E-state index in [1.807, 2.05) is 6.92 Å². The Hall–Kier alpha value is -2.02. The molecule has 0 aliphatic rings. The van der Waals surface area contributed by atoms with E-state index in [0.717, 1.165) is 0 Å². The first kappa shape index (κ1) is 12.4. The topological polar surface area (TPSA) is 95.1 Å². The molecule has 0 radical (unpaired) electrons. The van der Waals surface area contributed by atoms with Crippen LogP contribution in [-0.4, -0.2) is 23.5 Å². The van der Waals surface area contributed by atoms with Crippen molar-refractivity contribution in [3.05, 3.63) is 36.3 Å². The fourth-order valence-electron chi connectivity index (χ4n) is 1.42. The average molecular weight is 267 g/mol. The van der Waals surface area contributed by atoms with Crippen LogP contribution in [-0.2, 0) is 16.4 Å². The molecule has 2 aromatic rings. The number of aromatic nitrogens is 2. The molecule has 18 heavy (non-hydrogen) atoms. The van der Waals surface area contributed by atoms with Crippen LogP contribution < -0.4 is 4.72 Å². The highest BCUT2D eigenvalue weighted by molar-refractivity contribution is 7.92. The molecule has 2 rings (SSSR count). The Balaban J connectivity index is 2.30. The predicted molar refractivity (Wildman–Crippen MR) is 66.9 cm³/mol. The van der Waals surface area contributed by atoms with Gasteiger partial charge in [-0.25, -0.2) is 4.98 Å². The molecule has 0 saturated heterocycles. The predicted octanol–water partition coefficient (Wildman–Crippen LogP) is 1.48. The molecule has 0 amide bonds. The largest absolute Gasteiger partial charge is 0.506 e. The van der Waals surface area contributed by atoms with Crippen LogP contribution in [0.5, 0.6) is 5.75 Å². The summed E-state index contributed by atoms with van der Waals surface area (Å²) in [6, 6.07) is 6.12. The van der Waals surface area contributed by atoms with Crippen LogP contribution >= 0.6 is 0 Å². The monoisotopic (exact) mass is 267 g/mol. The smallest absolute Gasteiger partial charge is 0.279 e. The van der Waals surface area contributed by atoms with Crippen LogP contribution in [0.1, 0.15) is 12.7 Å². The highest BCUT2D eigenvalue weighted by atomic mass is 32.2. The van der Waals surface area contributed by atoms with Gasteiger partial charge in [0, 0.05) is 6.42 Å². The van der Waals surface area contributed by atoms with Gasteiger partial charge in [-0.2, -0.15) is 8.42 Å². The normalized spacial score (nSPS) is 11.4. The average Bonchev–Trinajstić information content (AvgIpc) is 2.81. The van der Waals surface area contributed by atoms with Crippen LogP contribution in [0.4, 0.5) is 5.69 Å². The molecule has 96 valence electrons. The summed E-state index contributed by atoms with van der Waals surface area (Å²) >= 11 is 0. The highest BCUT2D eigenvalue weighted by Crippen LogP contribution is 2.24. The van der Waals surface area contributed by atoms with Crippen molar-refractivity contribution in [3.8, 4) is 5.75 Å². The molecular weight excluding hydrogens is 254 g/mol. The molecule has 3 N–H and O–H groups in total. The number of aromatic hydroxyl groups is 1. The lowest BCUT2D eigenvalue weighted by atomic mass is 10.3. The second-order valence-corrected chi connectivity index (χ2v) is 5.32. The number of para-hydroxylation sites is 2. The Morgan fingerprint density at radius 2 is 2.11 bits per heavy atom. The number of H-pyrrole nitrogens is 1. The van der Waals surface area contributed by atoms with Crippen molar-refractivity contribution in [2.24, 2.45) is 0 Å². The summed E-state index contributed by atoms with van der Waals surface area (Å²) < 4.78 is 26.3. The van der Waals surface area contributed by atoms with Crippen molar-refractivity contribution < 1.29 is 13.5 Å². The zero-order chi connectivity index (χ0) is 13.2. The van der Waals surface area contributed by atoms with Crippen molar-refractivity contribution in [2.45, 2.75) is 18.4 Å². The zero-order valence-corrected chi connectivity index (χ0v) is 10.5. The van der Waals surface area contributed by atoms with Crippen molar-refractivity contribution in [1.82, 2.24) is 9.97 Å². The van der Waals surface area contributed by atoms with E-state index in [-0.39, 0.29) is 16.5 Å². The van der Waals surface area contributed by atoms with E-state index in [2.05, 4.69) is 14.7 Å². The molecule has 1 heterocycles. The first-order chi connectivity index (χ1) is 8.53. The number of anilines is 1. The van der Waals surface area contributed by atoms with Crippen LogP contribution in [0, 0.1) is 0 Å². The summed E-state index contributed by atoms with van der Waals surface area (Å²) in [5, 5.41) is 9.49. The van der Waals surface area contributed by atoms with Gasteiger partial charge >= 0.3 is 0 Å². The van der Waals surface area contributed by atoms with E-state index in [1.165, 1.54) is 18.3 Å². The Morgan fingerprint density at radius 3 is 2.72 bits per heavy atom. The summed E-state index contributed by atoms with van der Waals surface area (Å²) in [6.45, 7) is 1.87. The van der Waals surface area contributed by atoms with Crippen molar-refractivity contribution in [3.63, 3.8) is 0 Å². The van der Waals surface area contributed by atoms with E-state index >= 15 is 0 Å². The number of phenols is 1. The molecule has 0 unspecified atom stereocenters. The lowest BCUT2D eigenvalue weighted by molar-refractivity contribution is 0.477. The van der Waals surface area contributed by atoms with Gasteiger partial charge in [-0.15, -0.1) is 0 Å². The van der Waals surface area contributed by atoms with Crippen molar-refractivity contribution >= 4 is 15.7 Å². The second-order valence-electron chi connectivity index (χ2n) is 3.67. The minimum Gasteiger partial charge on any atom is -0.506 e. The lowest BCUT2D eigenvalue weighted by Crippen LogP contribution is -2.13. The third kappa shape index (κ3) is 2.45. The van der Waals surface area contributed by atoms with E-state index < -0.39 is 10.0 Å². The van der Waals surface area contributed by atoms with E-state index in [9.17, 15) is 13.5 Å². The van der Waals surface area contributed by atoms with Crippen LogP contribution in [0.15, 0.2) is 35.5 Å². The number of sulfonamides is 1.